The summed E-state index contributed by atoms with van der Waals surface area (Å²) in [5, 5.41) is 0. The molecule has 0 unspecified atom stereocenters. The van der Waals surface area contributed by atoms with Crippen molar-refractivity contribution in [3.8, 4) is 5.69 Å². The molecule has 0 bridgehead atoms. The molecular weight excluding hydrogens is 252 g/mol. The lowest BCUT2D eigenvalue weighted by Gasteiger charge is -2.04. The Morgan fingerprint density at radius 2 is 2.00 bits per heavy atom. The molecule has 0 amide bonds. The highest BCUT2D eigenvalue weighted by Gasteiger charge is 2.15. The van der Waals surface area contributed by atoms with Crippen molar-refractivity contribution in [1.82, 2.24) is 19.1 Å². The number of aromatic nitrogens is 4. The summed E-state index contributed by atoms with van der Waals surface area (Å²) >= 11 is 0. The van der Waals surface area contributed by atoms with E-state index in [2.05, 4.69) is 16.5 Å². The smallest absolute Gasteiger partial charge is 0.286 e. The van der Waals surface area contributed by atoms with Gasteiger partial charge in [-0.15, -0.1) is 6.58 Å². The van der Waals surface area contributed by atoms with Crippen LogP contribution in [0, 0.1) is 6.92 Å². The molecule has 3 rings (SSSR count). The van der Waals surface area contributed by atoms with Crippen LogP contribution in [-0.2, 0) is 6.54 Å². The van der Waals surface area contributed by atoms with Crippen molar-refractivity contribution >= 4 is 11.2 Å². The van der Waals surface area contributed by atoms with E-state index in [4.69, 9.17) is 0 Å². The van der Waals surface area contributed by atoms with Gasteiger partial charge < -0.3 is 0 Å². The third-order valence-electron chi connectivity index (χ3n) is 3.22. The zero-order valence-electron chi connectivity index (χ0n) is 11.2. The quantitative estimate of drug-likeness (QED) is 0.682. The second-order valence-electron chi connectivity index (χ2n) is 4.47. The summed E-state index contributed by atoms with van der Waals surface area (Å²) in [4.78, 5) is 21.2. The van der Waals surface area contributed by atoms with Gasteiger partial charge in [0.05, 0.1) is 16.9 Å². The van der Waals surface area contributed by atoms with Crippen LogP contribution < -0.4 is 5.69 Å². The molecule has 0 fully saturated rings. The molecule has 3 aromatic rings. The SMILES string of the molecule is C=CCn1c(=O)n(-c2cccnc2C)c2ncccc21. The largest absolute Gasteiger partial charge is 0.335 e. The summed E-state index contributed by atoms with van der Waals surface area (Å²) in [7, 11) is 0. The van der Waals surface area contributed by atoms with E-state index in [-0.39, 0.29) is 5.69 Å². The molecule has 5 nitrogen and oxygen atoms in total. The predicted octanol–water partition coefficient (Wildman–Crippen LogP) is 2.08. The average Bonchev–Trinajstić information content (AvgIpc) is 2.73. The molecule has 0 saturated heterocycles. The van der Waals surface area contributed by atoms with Crippen LogP contribution in [0.1, 0.15) is 5.69 Å². The predicted molar refractivity (Wildman–Crippen MR) is 78.1 cm³/mol. The Labute approximate surface area is 115 Å². The maximum Gasteiger partial charge on any atom is 0.335 e. The van der Waals surface area contributed by atoms with Crippen molar-refractivity contribution < 1.29 is 0 Å². The Balaban J connectivity index is 2.42. The summed E-state index contributed by atoms with van der Waals surface area (Å²) in [5.41, 5.74) is 2.84. The highest BCUT2D eigenvalue weighted by atomic mass is 16.1. The fraction of sp³-hybridized carbons (Fsp3) is 0.133. The van der Waals surface area contributed by atoms with Crippen LogP contribution in [0.25, 0.3) is 16.9 Å². The standard InChI is InChI=1S/C15H14N4O/c1-3-10-18-13-7-5-9-17-14(13)19(15(18)20)12-6-4-8-16-11(12)2/h3-9H,1,10H2,2H3. The van der Waals surface area contributed by atoms with Gasteiger partial charge in [-0.1, -0.05) is 6.08 Å². The molecule has 5 heteroatoms. The Morgan fingerprint density at radius 1 is 1.25 bits per heavy atom. The molecule has 3 aromatic heterocycles. The van der Waals surface area contributed by atoms with Crippen LogP contribution in [0.3, 0.4) is 0 Å². The summed E-state index contributed by atoms with van der Waals surface area (Å²) < 4.78 is 3.25. The molecule has 0 spiro atoms. The number of nitrogens with zero attached hydrogens (tertiary/aromatic N) is 4. The third-order valence-corrected chi connectivity index (χ3v) is 3.22. The van der Waals surface area contributed by atoms with Crippen LogP contribution in [0.4, 0.5) is 0 Å². The summed E-state index contributed by atoms with van der Waals surface area (Å²) in [6.07, 6.45) is 5.09. The highest BCUT2D eigenvalue weighted by molar-refractivity contribution is 5.74. The van der Waals surface area contributed by atoms with Crippen molar-refractivity contribution in [3.63, 3.8) is 0 Å². The van der Waals surface area contributed by atoms with Crippen molar-refractivity contribution in [2.75, 3.05) is 0 Å². The minimum Gasteiger partial charge on any atom is -0.286 e. The first kappa shape index (κ1) is 12.3. The summed E-state index contributed by atoms with van der Waals surface area (Å²) in [5.74, 6) is 0. The molecule has 0 aliphatic rings. The van der Waals surface area contributed by atoms with Crippen molar-refractivity contribution in [2.24, 2.45) is 0 Å². The fourth-order valence-electron chi connectivity index (χ4n) is 2.32. The van der Waals surface area contributed by atoms with Crippen LogP contribution in [0.15, 0.2) is 54.1 Å². The van der Waals surface area contributed by atoms with Crippen LogP contribution >= 0.6 is 0 Å². The van der Waals surface area contributed by atoms with Gasteiger partial charge in [-0.05, 0) is 31.2 Å². The Morgan fingerprint density at radius 3 is 2.75 bits per heavy atom. The van der Waals surface area contributed by atoms with Crippen molar-refractivity contribution in [2.45, 2.75) is 13.5 Å². The first-order chi connectivity index (χ1) is 9.74. The number of rotatable bonds is 3. The number of allylic oxidation sites excluding steroid dienone is 1. The van der Waals surface area contributed by atoms with E-state index in [0.717, 1.165) is 16.9 Å². The molecule has 0 atom stereocenters. The first-order valence-corrected chi connectivity index (χ1v) is 6.33. The lowest BCUT2D eigenvalue weighted by atomic mass is 10.3. The van der Waals surface area contributed by atoms with Gasteiger partial charge >= 0.3 is 5.69 Å². The Kier molecular flexibility index (Phi) is 2.95. The van der Waals surface area contributed by atoms with Crippen molar-refractivity contribution in [3.05, 3.63) is 65.5 Å². The molecule has 100 valence electrons. The van der Waals surface area contributed by atoms with Crippen LogP contribution in [-0.4, -0.2) is 19.1 Å². The van der Waals surface area contributed by atoms with Gasteiger partial charge in [0.15, 0.2) is 5.65 Å². The van der Waals surface area contributed by atoms with Gasteiger partial charge in [-0.3, -0.25) is 9.55 Å². The normalized spacial score (nSPS) is 10.8. The van der Waals surface area contributed by atoms with Gasteiger partial charge in [0.2, 0.25) is 0 Å². The zero-order valence-corrected chi connectivity index (χ0v) is 11.2. The maximum absolute atomic E-state index is 12.6. The molecule has 0 aliphatic heterocycles. The van der Waals surface area contributed by atoms with E-state index in [1.807, 2.05) is 31.2 Å². The van der Waals surface area contributed by atoms with Gasteiger partial charge in [0.25, 0.3) is 0 Å². The second kappa shape index (κ2) is 4.77. The topological polar surface area (TPSA) is 52.7 Å². The van der Waals surface area contributed by atoms with E-state index in [1.165, 1.54) is 0 Å². The molecule has 3 heterocycles. The van der Waals surface area contributed by atoms with Crippen LogP contribution in [0.5, 0.6) is 0 Å². The number of hydrogen-bond acceptors (Lipinski definition) is 3. The van der Waals surface area contributed by atoms with Crippen molar-refractivity contribution in [1.29, 1.82) is 0 Å². The van der Waals surface area contributed by atoms with Gasteiger partial charge in [0.1, 0.15) is 0 Å². The number of pyridine rings is 2. The molecule has 0 aromatic carbocycles. The second-order valence-corrected chi connectivity index (χ2v) is 4.47. The summed E-state index contributed by atoms with van der Waals surface area (Å²) in [6.45, 7) is 6.03. The molecular formula is C15H14N4O. The highest BCUT2D eigenvalue weighted by Crippen LogP contribution is 2.16. The molecule has 0 radical (unpaired) electrons. The fourth-order valence-corrected chi connectivity index (χ4v) is 2.32. The maximum atomic E-state index is 12.6. The average molecular weight is 266 g/mol. The van der Waals surface area contributed by atoms with E-state index >= 15 is 0 Å². The lowest BCUT2D eigenvalue weighted by molar-refractivity contribution is 0.778. The molecule has 0 aliphatic carbocycles. The monoisotopic (exact) mass is 266 g/mol. The number of hydrogen-bond donors (Lipinski definition) is 0. The van der Waals surface area contributed by atoms with E-state index in [0.29, 0.717) is 12.2 Å². The lowest BCUT2D eigenvalue weighted by Crippen LogP contribution is -2.23. The first-order valence-electron chi connectivity index (χ1n) is 6.33. The molecule has 0 saturated carbocycles. The van der Waals surface area contributed by atoms with Crippen LogP contribution in [0.2, 0.25) is 0 Å². The minimum atomic E-state index is -0.130. The zero-order chi connectivity index (χ0) is 14.1. The van der Waals surface area contributed by atoms with E-state index < -0.39 is 0 Å². The summed E-state index contributed by atoms with van der Waals surface area (Å²) in [6, 6.07) is 7.39. The molecule has 20 heavy (non-hydrogen) atoms. The molecule has 0 N–H and O–H groups in total. The number of aryl methyl sites for hydroxylation is 1. The number of fused-ring (bicyclic) bond motifs is 1. The Bertz CT molecular complexity index is 844. The van der Waals surface area contributed by atoms with Gasteiger partial charge in [-0.25, -0.2) is 14.3 Å². The third kappa shape index (κ3) is 1.75. The van der Waals surface area contributed by atoms with E-state index in [1.54, 1.807) is 27.6 Å². The van der Waals surface area contributed by atoms with Gasteiger partial charge in [-0.2, -0.15) is 0 Å². The van der Waals surface area contributed by atoms with E-state index in [9.17, 15) is 4.79 Å². The minimum absolute atomic E-state index is 0.130. The van der Waals surface area contributed by atoms with Gasteiger partial charge in [0, 0.05) is 18.9 Å². The Hall–Kier alpha value is -2.69. The number of imidazole rings is 1.